The number of benzene rings is 6. The van der Waals surface area contributed by atoms with Crippen molar-refractivity contribution in [1.82, 2.24) is 19.9 Å². The van der Waals surface area contributed by atoms with Gasteiger partial charge >= 0.3 is 0 Å². The molecule has 10 rings (SSSR count). The van der Waals surface area contributed by atoms with Crippen LogP contribution in [0.3, 0.4) is 0 Å². The molecule has 6 heteroatoms. The Labute approximate surface area is 286 Å². The minimum absolute atomic E-state index is 0.531. The number of para-hydroxylation sites is 2. The standard InChI is InChI=1S/C44H26N4O2/c1-2-10-27(11-3-1)42-46-43(30-13-8-12-28(24-30)31-14-9-23-45-26-31)48-44(47-42)36-22-21-32(40-35-16-5-7-18-38(35)50-41(36)40)29-19-20-34-33-15-4-6-17-37(33)49-39(34)25-29/h1-26H. The summed E-state index contributed by atoms with van der Waals surface area (Å²) < 4.78 is 13.0. The number of hydrogen-bond acceptors (Lipinski definition) is 6. The molecule has 6 aromatic carbocycles. The van der Waals surface area contributed by atoms with Crippen LogP contribution < -0.4 is 0 Å². The number of aromatic nitrogens is 4. The molecule has 0 aliphatic heterocycles. The van der Waals surface area contributed by atoms with Crippen LogP contribution in [-0.4, -0.2) is 19.9 Å². The smallest absolute Gasteiger partial charge is 0.167 e. The van der Waals surface area contributed by atoms with Gasteiger partial charge in [-0.3, -0.25) is 4.98 Å². The quantitative estimate of drug-likeness (QED) is 0.186. The zero-order valence-electron chi connectivity index (χ0n) is 26.6. The fraction of sp³-hybridized carbons (Fsp3) is 0. The fourth-order valence-electron chi connectivity index (χ4n) is 6.85. The van der Waals surface area contributed by atoms with E-state index < -0.39 is 0 Å². The van der Waals surface area contributed by atoms with E-state index in [0.717, 1.165) is 77.2 Å². The van der Waals surface area contributed by atoms with Crippen molar-refractivity contribution in [2.45, 2.75) is 0 Å². The summed E-state index contributed by atoms with van der Waals surface area (Å²) in [6.07, 6.45) is 3.64. The van der Waals surface area contributed by atoms with Gasteiger partial charge in [0.1, 0.15) is 22.3 Å². The second kappa shape index (κ2) is 11.4. The predicted molar refractivity (Wildman–Crippen MR) is 199 cm³/mol. The lowest BCUT2D eigenvalue weighted by Gasteiger charge is -2.11. The second-order valence-electron chi connectivity index (χ2n) is 12.3. The minimum Gasteiger partial charge on any atom is -0.456 e. The first-order valence-electron chi connectivity index (χ1n) is 16.5. The van der Waals surface area contributed by atoms with E-state index in [0.29, 0.717) is 23.1 Å². The molecular formula is C44H26N4O2. The summed E-state index contributed by atoms with van der Waals surface area (Å²) in [7, 11) is 0. The lowest BCUT2D eigenvalue weighted by atomic mass is 9.96. The van der Waals surface area contributed by atoms with Crippen molar-refractivity contribution in [2.75, 3.05) is 0 Å². The van der Waals surface area contributed by atoms with Crippen LogP contribution in [0.5, 0.6) is 0 Å². The summed E-state index contributed by atoms with van der Waals surface area (Å²) in [5.41, 5.74) is 9.92. The molecule has 0 amide bonds. The Hall–Kier alpha value is -6.92. The summed E-state index contributed by atoms with van der Waals surface area (Å²) in [5.74, 6) is 1.69. The van der Waals surface area contributed by atoms with E-state index >= 15 is 0 Å². The summed E-state index contributed by atoms with van der Waals surface area (Å²) in [6.45, 7) is 0. The molecular weight excluding hydrogens is 617 g/mol. The van der Waals surface area contributed by atoms with Crippen molar-refractivity contribution >= 4 is 43.9 Å². The second-order valence-corrected chi connectivity index (χ2v) is 12.3. The Balaban J connectivity index is 1.19. The van der Waals surface area contributed by atoms with E-state index in [4.69, 9.17) is 23.8 Å². The minimum atomic E-state index is 0.531. The van der Waals surface area contributed by atoms with Crippen molar-refractivity contribution in [2.24, 2.45) is 0 Å². The van der Waals surface area contributed by atoms with E-state index in [1.54, 1.807) is 6.20 Å². The van der Waals surface area contributed by atoms with Gasteiger partial charge in [-0.15, -0.1) is 0 Å². The van der Waals surface area contributed by atoms with Crippen molar-refractivity contribution < 1.29 is 8.83 Å². The molecule has 234 valence electrons. The number of furan rings is 2. The number of nitrogens with zero attached hydrogens (tertiary/aromatic N) is 4. The van der Waals surface area contributed by atoms with Crippen LogP contribution in [0.1, 0.15) is 0 Å². The summed E-state index contributed by atoms with van der Waals surface area (Å²) in [4.78, 5) is 19.5. The van der Waals surface area contributed by atoms with Crippen LogP contribution in [0.2, 0.25) is 0 Å². The molecule has 0 bridgehead atoms. The molecule has 0 saturated heterocycles. The van der Waals surface area contributed by atoms with Crippen molar-refractivity contribution in [3.8, 4) is 56.4 Å². The molecule has 0 spiro atoms. The van der Waals surface area contributed by atoms with Gasteiger partial charge in [0.15, 0.2) is 17.5 Å². The molecule has 0 fully saturated rings. The van der Waals surface area contributed by atoms with E-state index in [1.165, 1.54) is 0 Å². The van der Waals surface area contributed by atoms with Gasteiger partial charge in [0.05, 0.1) is 5.56 Å². The van der Waals surface area contributed by atoms with Gasteiger partial charge in [0.2, 0.25) is 0 Å². The van der Waals surface area contributed by atoms with Gasteiger partial charge in [0, 0.05) is 50.6 Å². The fourth-order valence-corrected chi connectivity index (χ4v) is 6.85. The molecule has 0 unspecified atom stereocenters. The highest BCUT2D eigenvalue weighted by molar-refractivity contribution is 6.16. The van der Waals surface area contributed by atoms with Crippen LogP contribution in [0, 0.1) is 0 Å². The average molecular weight is 643 g/mol. The highest BCUT2D eigenvalue weighted by Crippen LogP contribution is 2.43. The maximum atomic E-state index is 6.67. The lowest BCUT2D eigenvalue weighted by molar-refractivity contribution is 0.668. The summed E-state index contributed by atoms with van der Waals surface area (Å²) in [6, 6.07) is 49.1. The van der Waals surface area contributed by atoms with Gasteiger partial charge in [-0.1, -0.05) is 103 Å². The van der Waals surface area contributed by atoms with Crippen LogP contribution >= 0.6 is 0 Å². The molecule has 0 saturated carbocycles. The number of rotatable bonds is 5. The van der Waals surface area contributed by atoms with Crippen LogP contribution in [0.15, 0.2) is 167 Å². The lowest BCUT2D eigenvalue weighted by Crippen LogP contribution is -2.00. The van der Waals surface area contributed by atoms with E-state index in [-0.39, 0.29) is 0 Å². The first-order chi connectivity index (χ1) is 24.8. The van der Waals surface area contributed by atoms with Crippen LogP contribution in [-0.2, 0) is 0 Å². The van der Waals surface area contributed by atoms with Gasteiger partial charge in [0.25, 0.3) is 0 Å². The molecule has 0 atom stereocenters. The van der Waals surface area contributed by atoms with E-state index in [9.17, 15) is 0 Å². The summed E-state index contributed by atoms with van der Waals surface area (Å²) >= 11 is 0. The van der Waals surface area contributed by atoms with Crippen molar-refractivity contribution in [3.63, 3.8) is 0 Å². The van der Waals surface area contributed by atoms with E-state index in [2.05, 4.69) is 59.6 Å². The predicted octanol–water partition coefficient (Wildman–Crippen LogP) is 11.4. The molecule has 0 aliphatic rings. The molecule has 0 aliphatic carbocycles. The van der Waals surface area contributed by atoms with Crippen molar-refractivity contribution in [1.29, 1.82) is 0 Å². The molecule has 4 heterocycles. The monoisotopic (exact) mass is 642 g/mol. The molecule has 0 N–H and O–H groups in total. The first kappa shape index (κ1) is 28.1. The maximum Gasteiger partial charge on any atom is 0.167 e. The Morgan fingerprint density at radius 1 is 0.380 bits per heavy atom. The SMILES string of the molecule is c1ccc(-c2nc(-c3cccc(-c4cccnc4)c3)nc(-c3ccc(-c4ccc5c(c4)oc4ccccc45)c4c3oc3ccccc34)n2)cc1. The first-order valence-corrected chi connectivity index (χ1v) is 16.5. The zero-order chi connectivity index (χ0) is 33.0. The Morgan fingerprint density at radius 3 is 1.88 bits per heavy atom. The molecule has 50 heavy (non-hydrogen) atoms. The van der Waals surface area contributed by atoms with Gasteiger partial charge in [-0.2, -0.15) is 0 Å². The van der Waals surface area contributed by atoms with Gasteiger partial charge in [-0.25, -0.2) is 15.0 Å². The maximum absolute atomic E-state index is 6.67. The number of hydrogen-bond donors (Lipinski definition) is 0. The molecule has 0 radical (unpaired) electrons. The topological polar surface area (TPSA) is 77.8 Å². The third kappa shape index (κ3) is 4.65. The van der Waals surface area contributed by atoms with Gasteiger partial charge < -0.3 is 8.83 Å². The zero-order valence-corrected chi connectivity index (χ0v) is 26.6. The summed E-state index contributed by atoms with van der Waals surface area (Å²) in [5, 5.41) is 4.21. The molecule has 4 aromatic heterocycles. The van der Waals surface area contributed by atoms with Crippen LogP contribution in [0.25, 0.3) is 100 Å². The third-order valence-corrected chi connectivity index (χ3v) is 9.24. The normalized spacial score (nSPS) is 11.6. The van der Waals surface area contributed by atoms with Crippen LogP contribution in [0.4, 0.5) is 0 Å². The molecule has 10 aromatic rings. The Kier molecular flexibility index (Phi) is 6.39. The van der Waals surface area contributed by atoms with Crippen molar-refractivity contribution in [3.05, 3.63) is 158 Å². The highest BCUT2D eigenvalue weighted by Gasteiger charge is 2.21. The third-order valence-electron chi connectivity index (χ3n) is 9.24. The largest absolute Gasteiger partial charge is 0.456 e. The highest BCUT2D eigenvalue weighted by atomic mass is 16.3. The number of fused-ring (bicyclic) bond motifs is 6. The average Bonchev–Trinajstić information content (AvgIpc) is 3.77. The Morgan fingerprint density at radius 2 is 1.04 bits per heavy atom. The van der Waals surface area contributed by atoms with E-state index in [1.807, 2.05) is 97.2 Å². The Bertz CT molecular complexity index is 2880. The molecule has 6 nitrogen and oxygen atoms in total. The van der Waals surface area contributed by atoms with Gasteiger partial charge in [-0.05, 0) is 59.2 Å². The number of pyridine rings is 1.